The summed E-state index contributed by atoms with van der Waals surface area (Å²) in [5.41, 5.74) is -1.28. The molecule has 0 unspecified atom stereocenters. The molecule has 1 rings (SSSR count). The highest BCUT2D eigenvalue weighted by Gasteiger charge is 2.23. The minimum Gasteiger partial charge on any atom is -0.493 e. The van der Waals surface area contributed by atoms with E-state index in [2.05, 4.69) is 9.72 Å². The zero-order chi connectivity index (χ0) is 13.7. The molecule has 0 aromatic carbocycles. The van der Waals surface area contributed by atoms with E-state index in [1.165, 1.54) is 0 Å². The van der Waals surface area contributed by atoms with E-state index in [-0.39, 0.29) is 23.7 Å². The monoisotopic (exact) mass is 256 g/mol. The molecule has 18 heavy (non-hydrogen) atoms. The maximum atomic E-state index is 12.8. The Bertz CT molecular complexity index is 498. The fourth-order valence-corrected chi connectivity index (χ4v) is 1.32. The fraction of sp³-hybridized carbons (Fsp3) is 0.364. The standard InChI is InChI=1S/C11H10F2N2O3/c1-3-18-11(16)7-4-6(10(12)13)9(17-2)8(5-14)15-7/h4,10H,3H2,1-2H3. The van der Waals surface area contributed by atoms with E-state index >= 15 is 0 Å². The number of esters is 1. The summed E-state index contributed by atoms with van der Waals surface area (Å²) in [6, 6.07) is 2.47. The van der Waals surface area contributed by atoms with Crippen LogP contribution in [0.1, 0.15) is 35.1 Å². The average molecular weight is 256 g/mol. The quantitative estimate of drug-likeness (QED) is 0.771. The van der Waals surface area contributed by atoms with Gasteiger partial charge in [-0.05, 0) is 13.0 Å². The smallest absolute Gasteiger partial charge is 0.356 e. The second kappa shape index (κ2) is 5.91. The lowest BCUT2D eigenvalue weighted by molar-refractivity contribution is 0.0518. The van der Waals surface area contributed by atoms with Gasteiger partial charge in [0, 0.05) is 0 Å². The van der Waals surface area contributed by atoms with Crippen LogP contribution < -0.4 is 4.74 Å². The molecule has 1 heterocycles. The molecular weight excluding hydrogens is 246 g/mol. The third-order valence-corrected chi connectivity index (χ3v) is 2.03. The predicted molar refractivity (Wildman–Crippen MR) is 56.4 cm³/mol. The van der Waals surface area contributed by atoms with Crippen molar-refractivity contribution in [1.29, 1.82) is 5.26 Å². The Balaban J connectivity index is 3.37. The Labute approximate surface area is 102 Å². The maximum Gasteiger partial charge on any atom is 0.356 e. The molecule has 7 heteroatoms. The number of alkyl halides is 2. The van der Waals surface area contributed by atoms with Gasteiger partial charge in [-0.15, -0.1) is 0 Å². The van der Waals surface area contributed by atoms with Gasteiger partial charge in [0.2, 0.25) is 0 Å². The molecule has 0 aliphatic rings. The summed E-state index contributed by atoms with van der Waals surface area (Å²) in [5.74, 6) is -1.20. The van der Waals surface area contributed by atoms with Crippen LogP contribution in [0.25, 0.3) is 0 Å². The van der Waals surface area contributed by atoms with Gasteiger partial charge in [-0.2, -0.15) is 5.26 Å². The number of ether oxygens (including phenoxy) is 2. The first-order chi connectivity index (χ1) is 8.54. The van der Waals surface area contributed by atoms with E-state index in [1.54, 1.807) is 13.0 Å². The second-order valence-corrected chi connectivity index (χ2v) is 3.11. The lowest BCUT2D eigenvalue weighted by Crippen LogP contribution is -2.10. The number of pyridine rings is 1. The van der Waals surface area contributed by atoms with Crippen LogP contribution in [0.2, 0.25) is 0 Å². The summed E-state index contributed by atoms with van der Waals surface area (Å²) in [5, 5.41) is 8.80. The first kappa shape index (κ1) is 13.8. The van der Waals surface area contributed by atoms with Gasteiger partial charge in [-0.3, -0.25) is 0 Å². The third-order valence-electron chi connectivity index (χ3n) is 2.03. The van der Waals surface area contributed by atoms with E-state index in [0.717, 1.165) is 13.2 Å². The Morgan fingerprint density at radius 3 is 2.72 bits per heavy atom. The zero-order valence-corrected chi connectivity index (χ0v) is 9.74. The number of aromatic nitrogens is 1. The molecule has 0 saturated heterocycles. The molecule has 0 saturated carbocycles. The molecule has 0 aliphatic heterocycles. The molecule has 0 bridgehead atoms. The van der Waals surface area contributed by atoms with Crippen LogP contribution in [-0.2, 0) is 4.74 Å². The van der Waals surface area contributed by atoms with Crippen molar-refractivity contribution in [2.24, 2.45) is 0 Å². The molecule has 1 aromatic rings. The molecule has 0 radical (unpaired) electrons. The van der Waals surface area contributed by atoms with Crippen LogP contribution in [0, 0.1) is 11.3 Å². The highest BCUT2D eigenvalue weighted by Crippen LogP contribution is 2.31. The molecule has 1 aromatic heterocycles. The molecule has 0 atom stereocenters. The third kappa shape index (κ3) is 2.71. The Hall–Kier alpha value is -2.23. The number of methoxy groups -OCH3 is 1. The number of hydrogen-bond donors (Lipinski definition) is 0. The zero-order valence-electron chi connectivity index (χ0n) is 9.74. The first-order valence-electron chi connectivity index (χ1n) is 4.99. The van der Waals surface area contributed by atoms with E-state index in [1.807, 2.05) is 0 Å². The molecule has 0 N–H and O–H groups in total. The number of carbonyl (C=O) groups is 1. The second-order valence-electron chi connectivity index (χ2n) is 3.11. The van der Waals surface area contributed by atoms with Crippen LogP contribution >= 0.6 is 0 Å². The van der Waals surface area contributed by atoms with Crippen LogP contribution in [0.4, 0.5) is 8.78 Å². The summed E-state index contributed by atoms with van der Waals surface area (Å²) in [6.45, 7) is 1.65. The number of halogens is 2. The highest BCUT2D eigenvalue weighted by molar-refractivity contribution is 5.88. The normalized spacial score (nSPS) is 10.0. The lowest BCUT2D eigenvalue weighted by atomic mass is 10.1. The van der Waals surface area contributed by atoms with E-state index in [9.17, 15) is 13.6 Å². The molecule has 0 fully saturated rings. The molecule has 96 valence electrons. The topological polar surface area (TPSA) is 72.2 Å². The van der Waals surface area contributed by atoms with Gasteiger partial charge in [0.05, 0.1) is 19.3 Å². The van der Waals surface area contributed by atoms with E-state index < -0.39 is 18.0 Å². The van der Waals surface area contributed by atoms with Crippen molar-refractivity contribution < 1.29 is 23.0 Å². The van der Waals surface area contributed by atoms with Crippen LogP contribution in [0.15, 0.2) is 6.07 Å². The Morgan fingerprint density at radius 2 is 2.28 bits per heavy atom. The predicted octanol–water partition coefficient (Wildman–Crippen LogP) is 2.08. The SMILES string of the molecule is CCOC(=O)c1cc(C(F)F)c(OC)c(C#N)n1. The van der Waals surface area contributed by atoms with Crippen molar-refractivity contribution in [3.8, 4) is 11.8 Å². The van der Waals surface area contributed by atoms with Crippen molar-refractivity contribution >= 4 is 5.97 Å². The van der Waals surface area contributed by atoms with Gasteiger partial charge in [-0.1, -0.05) is 0 Å². The van der Waals surface area contributed by atoms with Gasteiger partial charge >= 0.3 is 5.97 Å². The van der Waals surface area contributed by atoms with E-state index in [0.29, 0.717) is 0 Å². The van der Waals surface area contributed by atoms with E-state index in [4.69, 9.17) is 10.00 Å². The number of hydrogen-bond acceptors (Lipinski definition) is 5. The van der Waals surface area contributed by atoms with Crippen molar-refractivity contribution in [1.82, 2.24) is 4.98 Å². The van der Waals surface area contributed by atoms with Crippen molar-refractivity contribution in [2.45, 2.75) is 13.3 Å². The fourth-order valence-electron chi connectivity index (χ4n) is 1.32. The van der Waals surface area contributed by atoms with Gasteiger partial charge in [0.25, 0.3) is 6.43 Å². The number of rotatable bonds is 4. The summed E-state index contributed by atoms with van der Waals surface area (Å²) in [7, 11) is 1.15. The number of nitrogens with zero attached hydrogens (tertiary/aromatic N) is 2. The van der Waals surface area contributed by atoms with Crippen LogP contribution in [0.5, 0.6) is 5.75 Å². The maximum absolute atomic E-state index is 12.8. The summed E-state index contributed by atoms with van der Waals surface area (Å²) in [4.78, 5) is 15.0. The molecule has 5 nitrogen and oxygen atoms in total. The number of nitriles is 1. The van der Waals surface area contributed by atoms with Gasteiger partial charge in [0.1, 0.15) is 6.07 Å². The summed E-state index contributed by atoms with van der Waals surface area (Å²) in [6.07, 6.45) is -2.89. The minimum atomic E-state index is -2.89. The van der Waals surface area contributed by atoms with Crippen molar-refractivity contribution in [3.63, 3.8) is 0 Å². The van der Waals surface area contributed by atoms with Crippen molar-refractivity contribution in [3.05, 3.63) is 23.0 Å². The van der Waals surface area contributed by atoms with Crippen molar-refractivity contribution in [2.75, 3.05) is 13.7 Å². The molecule has 0 spiro atoms. The summed E-state index contributed by atoms with van der Waals surface area (Å²) < 4.78 is 34.9. The molecule has 0 aliphatic carbocycles. The molecule has 0 amide bonds. The first-order valence-corrected chi connectivity index (χ1v) is 4.99. The Kier molecular flexibility index (Phi) is 4.54. The molecular formula is C11H10F2N2O3. The van der Waals surface area contributed by atoms with Gasteiger partial charge in [0.15, 0.2) is 17.1 Å². The number of carbonyl (C=O) groups excluding carboxylic acids is 1. The minimum absolute atomic E-state index is 0.0818. The van der Waals surface area contributed by atoms with Gasteiger partial charge in [-0.25, -0.2) is 18.6 Å². The Morgan fingerprint density at radius 1 is 1.61 bits per heavy atom. The van der Waals surface area contributed by atoms with Crippen LogP contribution in [-0.4, -0.2) is 24.7 Å². The highest BCUT2D eigenvalue weighted by atomic mass is 19.3. The largest absolute Gasteiger partial charge is 0.493 e. The van der Waals surface area contributed by atoms with Gasteiger partial charge < -0.3 is 9.47 Å². The van der Waals surface area contributed by atoms with Crippen LogP contribution in [0.3, 0.4) is 0 Å². The average Bonchev–Trinajstić information content (AvgIpc) is 2.37. The lowest BCUT2D eigenvalue weighted by Gasteiger charge is -2.10. The summed E-state index contributed by atoms with van der Waals surface area (Å²) >= 11 is 0.